The Morgan fingerprint density at radius 1 is 1.37 bits per heavy atom. The van der Waals surface area contributed by atoms with Crippen LogP contribution in [-0.2, 0) is 11.2 Å². The number of aryl methyl sites for hydroxylation is 1. The van der Waals surface area contributed by atoms with Crippen molar-refractivity contribution in [2.24, 2.45) is 5.73 Å². The number of hydrogen-bond acceptors (Lipinski definition) is 3. The Labute approximate surface area is 115 Å². The summed E-state index contributed by atoms with van der Waals surface area (Å²) in [6.45, 7) is 4.91. The minimum Gasteiger partial charge on any atom is -0.497 e. The molecule has 19 heavy (non-hydrogen) atoms. The molecule has 0 saturated heterocycles. The maximum absolute atomic E-state index is 11.2. The van der Waals surface area contributed by atoms with Gasteiger partial charge in [0.1, 0.15) is 5.75 Å². The Kier molecular flexibility index (Phi) is 5.83. The number of methoxy groups -OCH3 is 1. The van der Waals surface area contributed by atoms with Crippen LogP contribution in [0.5, 0.6) is 5.75 Å². The summed E-state index contributed by atoms with van der Waals surface area (Å²) < 4.78 is 5.13. The zero-order valence-electron chi connectivity index (χ0n) is 12.0. The van der Waals surface area contributed by atoms with E-state index in [0.717, 1.165) is 25.1 Å². The first-order chi connectivity index (χ1) is 8.99. The molecule has 0 aromatic heterocycles. The van der Waals surface area contributed by atoms with E-state index in [4.69, 9.17) is 10.5 Å². The lowest BCUT2D eigenvalue weighted by Crippen LogP contribution is -2.45. The van der Waals surface area contributed by atoms with Gasteiger partial charge in [0.25, 0.3) is 0 Å². The molecule has 1 aromatic carbocycles. The summed E-state index contributed by atoms with van der Waals surface area (Å²) in [5.74, 6) is 0.591. The van der Waals surface area contributed by atoms with Crippen LogP contribution in [-0.4, -0.2) is 25.1 Å². The van der Waals surface area contributed by atoms with E-state index in [1.807, 2.05) is 26.0 Å². The molecule has 0 aliphatic carbocycles. The van der Waals surface area contributed by atoms with Crippen molar-refractivity contribution in [1.29, 1.82) is 0 Å². The molecule has 0 saturated carbocycles. The highest BCUT2D eigenvalue weighted by Crippen LogP contribution is 2.19. The number of ether oxygens (including phenoxy) is 1. The molecule has 0 spiro atoms. The van der Waals surface area contributed by atoms with E-state index in [1.165, 1.54) is 5.56 Å². The quantitative estimate of drug-likeness (QED) is 0.753. The molecule has 4 heteroatoms. The Hall–Kier alpha value is -1.55. The van der Waals surface area contributed by atoms with Gasteiger partial charge in [-0.15, -0.1) is 0 Å². The molecule has 1 amide bonds. The van der Waals surface area contributed by atoms with Crippen LogP contribution in [0.4, 0.5) is 0 Å². The van der Waals surface area contributed by atoms with Crippen molar-refractivity contribution in [2.75, 3.05) is 13.7 Å². The fourth-order valence-electron chi connectivity index (χ4n) is 2.26. The van der Waals surface area contributed by atoms with E-state index in [0.29, 0.717) is 6.42 Å². The number of amides is 1. The van der Waals surface area contributed by atoms with E-state index in [9.17, 15) is 4.79 Å². The molecule has 0 aliphatic rings. The molecule has 1 rings (SSSR count). The van der Waals surface area contributed by atoms with Crippen molar-refractivity contribution in [3.8, 4) is 5.75 Å². The number of primary amides is 1. The average molecular weight is 264 g/mol. The fourth-order valence-corrected chi connectivity index (χ4v) is 2.26. The van der Waals surface area contributed by atoms with Gasteiger partial charge in [0, 0.05) is 12.0 Å². The summed E-state index contributed by atoms with van der Waals surface area (Å²) >= 11 is 0. The summed E-state index contributed by atoms with van der Waals surface area (Å²) in [6.07, 6.45) is 2.13. The molecule has 4 nitrogen and oxygen atoms in total. The topological polar surface area (TPSA) is 64.3 Å². The Balaban J connectivity index is 2.61. The van der Waals surface area contributed by atoms with Crippen molar-refractivity contribution < 1.29 is 9.53 Å². The van der Waals surface area contributed by atoms with Crippen molar-refractivity contribution >= 4 is 5.91 Å². The number of carbonyl (C=O) groups is 1. The third kappa shape index (κ3) is 5.30. The largest absolute Gasteiger partial charge is 0.497 e. The van der Waals surface area contributed by atoms with Crippen LogP contribution >= 0.6 is 0 Å². The molecule has 0 aliphatic heterocycles. The van der Waals surface area contributed by atoms with E-state index in [-0.39, 0.29) is 11.4 Å². The highest BCUT2D eigenvalue weighted by molar-refractivity contribution is 5.75. The summed E-state index contributed by atoms with van der Waals surface area (Å²) in [7, 11) is 1.66. The predicted molar refractivity (Wildman–Crippen MR) is 77.2 cm³/mol. The summed E-state index contributed by atoms with van der Waals surface area (Å²) in [5.41, 5.74) is 6.32. The molecular formula is C15H24N2O2. The predicted octanol–water partition coefficient (Wildman–Crippen LogP) is 1.87. The average Bonchev–Trinajstić information content (AvgIpc) is 2.36. The maximum Gasteiger partial charge on any atom is 0.219 e. The zero-order chi connectivity index (χ0) is 14.3. The van der Waals surface area contributed by atoms with Crippen LogP contribution in [0.15, 0.2) is 24.3 Å². The molecular weight excluding hydrogens is 240 g/mol. The molecule has 0 radical (unpaired) electrons. The molecule has 1 atom stereocenters. The summed E-state index contributed by atoms with van der Waals surface area (Å²) in [4.78, 5) is 11.2. The van der Waals surface area contributed by atoms with Gasteiger partial charge in [-0.2, -0.15) is 0 Å². The lowest BCUT2D eigenvalue weighted by atomic mass is 9.89. The minimum absolute atomic E-state index is 0.236. The first kappa shape index (κ1) is 15.5. The molecule has 1 aromatic rings. The van der Waals surface area contributed by atoms with E-state index in [2.05, 4.69) is 17.4 Å². The minimum atomic E-state index is -0.266. The second kappa shape index (κ2) is 7.14. The number of nitrogens with two attached hydrogens (primary N) is 1. The van der Waals surface area contributed by atoms with Gasteiger partial charge in [0.2, 0.25) is 5.91 Å². The zero-order valence-corrected chi connectivity index (χ0v) is 12.0. The van der Waals surface area contributed by atoms with Crippen LogP contribution in [0.2, 0.25) is 0 Å². The summed E-state index contributed by atoms with van der Waals surface area (Å²) in [6, 6.07) is 8.01. The molecule has 106 valence electrons. The molecule has 3 N–H and O–H groups in total. The van der Waals surface area contributed by atoms with Crippen LogP contribution in [0, 0.1) is 0 Å². The van der Waals surface area contributed by atoms with E-state index < -0.39 is 0 Å². The van der Waals surface area contributed by atoms with Gasteiger partial charge >= 0.3 is 0 Å². The van der Waals surface area contributed by atoms with Crippen LogP contribution in [0.3, 0.4) is 0 Å². The van der Waals surface area contributed by atoms with Crippen molar-refractivity contribution in [3.05, 3.63) is 29.8 Å². The number of rotatable bonds is 8. The van der Waals surface area contributed by atoms with E-state index >= 15 is 0 Å². The smallest absolute Gasteiger partial charge is 0.219 e. The van der Waals surface area contributed by atoms with Crippen molar-refractivity contribution in [1.82, 2.24) is 5.32 Å². The lowest BCUT2D eigenvalue weighted by Gasteiger charge is -2.29. The highest BCUT2D eigenvalue weighted by Gasteiger charge is 2.24. The van der Waals surface area contributed by atoms with Gasteiger partial charge in [-0.3, -0.25) is 4.79 Å². The van der Waals surface area contributed by atoms with Crippen molar-refractivity contribution in [2.45, 2.75) is 38.6 Å². The maximum atomic E-state index is 11.2. The van der Waals surface area contributed by atoms with Crippen LogP contribution in [0.25, 0.3) is 0 Å². The first-order valence-electron chi connectivity index (χ1n) is 6.65. The second-order valence-corrected chi connectivity index (χ2v) is 5.08. The Bertz CT molecular complexity index is 403. The van der Waals surface area contributed by atoms with Gasteiger partial charge in [-0.05, 0) is 44.0 Å². The molecule has 0 bridgehead atoms. The van der Waals surface area contributed by atoms with E-state index in [1.54, 1.807) is 7.11 Å². The van der Waals surface area contributed by atoms with Gasteiger partial charge < -0.3 is 15.8 Å². The van der Waals surface area contributed by atoms with Gasteiger partial charge in [0.05, 0.1) is 7.11 Å². The summed E-state index contributed by atoms with van der Waals surface area (Å²) in [5, 5.41) is 3.36. The Morgan fingerprint density at radius 3 is 2.47 bits per heavy atom. The van der Waals surface area contributed by atoms with Gasteiger partial charge in [-0.1, -0.05) is 19.1 Å². The number of nitrogens with one attached hydrogen (secondary N) is 1. The SMILES string of the molecule is CCNC(C)(CCc1ccc(OC)cc1)CC(N)=O. The third-order valence-corrected chi connectivity index (χ3v) is 3.29. The number of carbonyl (C=O) groups excluding carboxylic acids is 1. The van der Waals surface area contributed by atoms with Gasteiger partial charge in [-0.25, -0.2) is 0 Å². The normalized spacial score (nSPS) is 13.8. The Morgan fingerprint density at radius 2 is 2.00 bits per heavy atom. The lowest BCUT2D eigenvalue weighted by molar-refractivity contribution is -0.119. The van der Waals surface area contributed by atoms with Gasteiger partial charge in [0.15, 0.2) is 0 Å². The third-order valence-electron chi connectivity index (χ3n) is 3.29. The first-order valence-corrected chi connectivity index (χ1v) is 6.65. The number of benzene rings is 1. The molecule has 1 unspecified atom stereocenters. The van der Waals surface area contributed by atoms with Crippen molar-refractivity contribution in [3.63, 3.8) is 0 Å². The fraction of sp³-hybridized carbons (Fsp3) is 0.533. The monoisotopic (exact) mass is 264 g/mol. The second-order valence-electron chi connectivity index (χ2n) is 5.08. The highest BCUT2D eigenvalue weighted by atomic mass is 16.5. The molecule has 0 heterocycles. The number of hydrogen-bond donors (Lipinski definition) is 2. The van der Waals surface area contributed by atoms with Crippen LogP contribution in [0.1, 0.15) is 32.3 Å². The van der Waals surface area contributed by atoms with Crippen LogP contribution < -0.4 is 15.8 Å². The molecule has 0 fully saturated rings. The standard InChI is InChI=1S/C15H24N2O2/c1-4-17-15(2,11-14(16)18)10-9-12-5-7-13(19-3)8-6-12/h5-8,17H,4,9-11H2,1-3H3,(H2,16,18).